The van der Waals surface area contributed by atoms with Gasteiger partial charge in [0.15, 0.2) is 0 Å². The Morgan fingerprint density at radius 3 is 2.41 bits per heavy atom. The fourth-order valence-electron chi connectivity index (χ4n) is 3.28. The van der Waals surface area contributed by atoms with Gasteiger partial charge in [-0.05, 0) is 18.8 Å². The maximum absolute atomic E-state index is 10.6. The summed E-state index contributed by atoms with van der Waals surface area (Å²) in [4.78, 5) is 15.3. The highest BCUT2D eigenvalue weighted by Gasteiger charge is 2.29. The normalized spacial score (nSPS) is 32.5. The van der Waals surface area contributed by atoms with E-state index in [1.807, 2.05) is 4.90 Å². The van der Waals surface area contributed by atoms with E-state index in [4.69, 9.17) is 5.11 Å². The van der Waals surface area contributed by atoms with Crippen LogP contribution in [0.1, 0.15) is 32.6 Å². The summed E-state index contributed by atoms with van der Waals surface area (Å²) in [6.07, 6.45) is 5.45. The average Bonchev–Trinajstić information content (AvgIpc) is 2.30. The van der Waals surface area contributed by atoms with Crippen molar-refractivity contribution in [2.75, 3.05) is 32.7 Å². The van der Waals surface area contributed by atoms with Crippen LogP contribution in [-0.4, -0.2) is 59.6 Å². The molecule has 1 saturated heterocycles. The number of piperazine rings is 1. The molecule has 1 saturated carbocycles. The van der Waals surface area contributed by atoms with Crippen molar-refractivity contribution < 1.29 is 9.90 Å². The Morgan fingerprint density at radius 2 is 1.82 bits per heavy atom. The van der Waals surface area contributed by atoms with Crippen LogP contribution in [0.3, 0.4) is 0 Å². The largest absolute Gasteiger partial charge is 0.480 e. The van der Waals surface area contributed by atoms with Crippen molar-refractivity contribution in [3.05, 3.63) is 0 Å². The number of carboxylic acids is 1. The Hall–Kier alpha value is -0.610. The molecule has 0 bridgehead atoms. The van der Waals surface area contributed by atoms with Crippen molar-refractivity contribution in [2.45, 2.75) is 38.6 Å². The third kappa shape index (κ3) is 3.42. The van der Waals surface area contributed by atoms with Gasteiger partial charge in [-0.25, -0.2) is 0 Å². The fourth-order valence-corrected chi connectivity index (χ4v) is 3.28. The van der Waals surface area contributed by atoms with Crippen LogP contribution in [-0.2, 0) is 4.79 Å². The Morgan fingerprint density at radius 1 is 1.18 bits per heavy atom. The topological polar surface area (TPSA) is 43.8 Å². The van der Waals surface area contributed by atoms with Gasteiger partial charge in [-0.15, -0.1) is 0 Å². The van der Waals surface area contributed by atoms with Crippen LogP contribution >= 0.6 is 0 Å². The zero-order valence-electron chi connectivity index (χ0n) is 10.8. The molecule has 0 amide bonds. The molecule has 4 heteroatoms. The smallest absolute Gasteiger partial charge is 0.317 e. The molecule has 98 valence electrons. The van der Waals surface area contributed by atoms with Crippen molar-refractivity contribution in [3.8, 4) is 0 Å². The number of carbonyl (C=O) groups is 1. The first-order valence-corrected chi connectivity index (χ1v) is 6.85. The molecule has 1 aliphatic carbocycles. The first kappa shape index (κ1) is 12.8. The van der Waals surface area contributed by atoms with Gasteiger partial charge >= 0.3 is 5.97 Å². The predicted molar refractivity (Wildman–Crippen MR) is 67.1 cm³/mol. The van der Waals surface area contributed by atoms with Crippen molar-refractivity contribution in [3.63, 3.8) is 0 Å². The minimum atomic E-state index is -0.704. The SMILES string of the molecule is CC1CCCCC1N1CCN(CC(=O)O)CC1. The summed E-state index contributed by atoms with van der Waals surface area (Å²) < 4.78 is 0. The summed E-state index contributed by atoms with van der Waals surface area (Å²) in [7, 11) is 0. The summed E-state index contributed by atoms with van der Waals surface area (Å²) >= 11 is 0. The summed E-state index contributed by atoms with van der Waals surface area (Å²) in [5, 5.41) is 8.77. The third-order valence-electron chi connectivity index (χ3n) is 4.30. The van der Waals surface area contributed by atoms with Crippen LogP contribution < -0.4 is 0 Å². The van der Waals surface area contributed by atoms with Crippen molar-refractivity contribution in [2.24, 2.45) is 5.92 Å². The third-order valence-corrected chi connectivity index (χ3v) is 4.30. The van der Waals surface area contributed by atoms with Gasteiger partial charge < -0.3 is 5.11 Å². The van der Waals surface area contributed by atoms with Crippen LogP contribution in [0.5, 0.6) is 0 Å². The van der Waals surface area contributed by atoms with Gasteiger partial charge in [0.05, 0.1) is 6.54 Å². The molecule has 0 spiro atoms. The highest BCUT2D eigenvalue weighted by atomic mass is 16.4. The van der Waals surface area contributed by atoms with Gasteiger partial charge in [-0.2, -0.15) is 0 Å². The van der Waals surface area contributed by atoms with Crippen LogP contribution in [0, 0.1) is 5.92 Å². The molecule has 0 radical (unpaired) electrons. The Labute approximate surface area is 104 Å². The number of carboxylic acid groups (broad SMARTS) is 1. The summed E-state index contributed by atoms with van der Waals surface area (Å²) in [6, 6.07) is 0.746. The number of rotatable bonds is 3. The van der Waals surface area contributed by atoms with Gasteiger partial charge in [0, 0.05) is 32.2 Å². The molecule has 0 aromatic carbocycles. The second kappa shape index (κ2) is 5.83. The van der Waals surface area contributed by atoms with E-state index in [1.165, 1.54) is 25.7 Å². The molecule has 1 N–H and O–H groups in total. The molecule has 0 aromatic rings. The zero-order valence-corrected chi connectivity index (χ0v) is 10.8. The lowest BCUT2D eigenvalue weighted by Crippen LogP contribution is -2.53. The van der Waals surface area contributed by atoms with Crippen molar-refractivity contribution >= 4 is 5.97 Å². The number of hydrogen-bond donors (Lipinski definition) is 1. The monoisotopic (exact) mass is 240 g/mol. The molecule has 0 aromatic heterocycles. The van der Waals surface area contributed by atoms with E-state index in [9.17, 15) is 4.79 Å². The Bertz CT molecular complexity index is 262. The molecular formula is C13H24N2O2. The summed E-state index contributed by atoms with van der Waals surface area (Å²) in [5.41, 5.74) is 0. The van der Waals surface area contributed by atoms with Crippen LogP contribution in [0.15, 0.2) is 0 Å². The molecule has 2 rings (SSSR count). The van der Waals surface area contributed by atoms with Gasteiger partial charge in [-0.1, -0.05) is 19.8 Å². The van der Waals surface area contributed by atoms with Crippen LogP contribution in [0.2, 0.25) is 0 Å². The maximum atomic E-state index is 10.6. The minimum absolute atomic E-state index is 0.202. The molecule has 4 nitrogen and oxygen atoms in total. The standard InChI is InChI=1S/C13H24N2O2/c1-11-4-2-3-5-12(11)15-8-6-14(7-9-15)10-13(16)17/h11-12H,2-10H2,1H3,(H,16,17). The number of nitrogens with zero attached hydrogens (tertiary/aromatic N) is 2. The van der Waals surface area contributed by atoms with Gasteiger partial charge in [-0.3, -0.25) is 14.6 Å². The van der Waals surface area contributed by atoms with Gasteiger partial charge in [0.1, 0.15) is 0 Å². The highest BCUT2D eigenvalue weighted by Crippen LogP contribution is 2.28. The number of hydrogen-bond acceptors (Lipinski definition) is 3. The molecule has 2 unspecified atom stereocenters. The van der Waals surface area contributed by atoms with E-state index in [1.54, 1.807) is 0 Å². The second-order valence-corrected chi connectivity index (χ2v) is 5.53. The van der Waals surface area contributed by atoms with Crippen LogP contribution in [0.4, 0.5) is 0 Å². The zero-order chi connectivity index (χ0) is 12.3. The Balaban J connectivity index is 1.79. The second-order valence-electron chi connectivity index (χ2n) is 5.53. The van der Waals surface area contributed by atoms with Crippen LogP contribution in [0.25, 0.3) is 0 Å². The lowest BCUT2D eigenvalue weighted by Gasteiger charge is -2.43. The van der Waals surface area contributed by atoms with E-state index in [0.29, 0.717) is 0 Å². The molecule has 2 atom stereocenters. The molecule has 17 heavy (non-hydrogen) atoms. The summed E-state index contributed by atoms with van der Waals surface area (Å²) in [5.74, 6) is 0.110. The Kier molecular flexibility index (Phi) is 4.40. The van der Waals surface area contributed by atoms with Gasteiger partial charge in [0.25, 0.3) is 0 Å². The van der Waals surface area contributed by atoms with E-state index in [2.05, 4.69) is 11.8 Å². The first-order valence-electron chi connectivity index (χ1n) is 6.85. The minimum Gasteiger partial charge on any atom is -0.480 e. The molecule has 2 fully saturated rings. The van der Waals surface area contributed by atoms with Gasteiger partial charge in [0.2, 0.25) is 0 Å². The van der Waals surface area contributed by atoms with E-state index < -0.39 is 5.97 Å². The highest BCUT2D eigenvalue weighted by molar-refractivity contribution is 5.69. The predicted octanol–water partition coefficient (Wildman–Crippen LogP) is 1.27. The molecule has 1 aliphatic heterocycles. The van der Waals surface area contributed by atoms with E-state index in [-0.39, 0.29) is 6.54 Å². The fraction of sp³-hybridized carbons (Fsp3) is 0.923. The van der Waals surface area contributed by atoms with Crippen molar-refractivity contribution in [1.82, 2.24) is 9.80 Å². The lowest BCUT2D eigenvalue weighted by molar-refractivity contribution is -0.138. The maximum Gasteiger partial charge on any atom is 0.317 e. The molecule has 2 aliphatic rings. The quantitative estimate of drug-likeness (QED) is 0.807. The molecular weight excluding hydrogens is 216 g/mol. The average molecular weight is 240 g/mol. The summed E-state index contributed by atoms with van der Waals surface area (Å²) in [6.45, 7) is 6.48. The van der Waals surface area contributed by atoms with E-state index in [0.717, 1.165) is 38.1 Å². The molecule has 1 heterocycles. The lowest BCUT2D eigenvalue weighted by atomic mass is 9.84. The number of aliphatic carboxylic acids is 1. The van der Waals surface area contributed by atoms with E-state index >= 15 is 0 Å². The first-order chi connectivity index (χ1) is 8.16. The van der Waals surface area contributed by atoms with Crippen molar-refractivity contribution in [1.29, 1.82) is 0 Å².